The SMILES string of the molecule is CC(SCC(=O)NC(C)(C)CO)c1nc2ccccc2[nH]1. The van der Waals surface area contributed by atoms with E-state index >= 15 is 0 Å². The first kappa shape index (κ1) is 15.9. The minimum Gasteiger partial charge on any atom is -0.394 e. The molecule has 2 rings (SSSR count). The van der Waals surface area contributed by atoms with Crippen LogP contribution in [0.4, 0.5) is 0 Å². The van der Waals surface area contributed by atoms with Crippen molar-refractivity contribution in [2.75, 3.05) is 12.4 Å². The Hall–Kier alpha value is -1.53. The lowest BCUT2D eigenvalue weighted by molar-refractivity contribution is -0.120. The van der Waals surface area contributed by atoms with Gasteiger partial charge in [-0.15, -0.1) is 11.8 Å². The molecule has 0 aliphatic carbocycles. The summed E-state index contributed by atoms with van der Waals surface area (Å²) in [6.07, 6.45) is 0. The molecule has 0 radical (unpaired) electrons. The summed E-state index contributed by atoms with van der Waals surface area (Å²) in [5, 5.41) is 12.0. The zero-order valence-corrected chi connectivity index (χ0v) is 13.3. The maximum atomic E-state index is 11.9. The van der Waals surface area contributed by atoms with Crippen LogP contribution in [0.15, 0.2) is 24.3 Å². The number of rotatable bonds is 6. The quantitative estimate of drug-likeness (QED) is 0.765. The predicted octanol–water partition coefficient (Wildman–Crippen LogP) is 2.24. The molecule has 1 aromatic carbocycles. The number of amides is 1. The van der Waals surface area contributed by atoms with Gasteiger partial charge < -0.3 is 15.4 Å². The molecular weight excluding hydrogens is 286 g/mol. The molecule has 1 heterocycles. The highest BCUT2D eigenvalue weighted by molar-refractivity contribution is 8.00. The average Bonchev–Trinajstić information content (AvgIpc) is 2.88. The Bertz CT molecular complexity index is 591. The molecule has 5 nitrogen and oxygen atoms in total. The Morgan fingerprint density at radius 3 is 2.86 bits per heavy atom. The molecule has 1 amide bonds. The molecule has 21 heavy (non-hydrogen) atoms. The van der Waals surface area contributed by atoms with Crippen LogP contribution in [-0.4, -0.2) is 38.9 Å². The third-order valence-electron chi connectivity index (χ3n) is 3.13. The molecule has 2 aromatic rings. The Morgan fingerprint density at radius 2 is 2.19 bits per heavy atom. The summed E-state index contributed by atoms with van der Waals surface area (Å²) in [4.78, 5) is 19.7. The third-order valence-corrected chi connectivity index (χ3v) is 4.28. The van der Waals surface area contributed by atoms with Crippen LogP contribution in [0.5, 0.6) is 0 Å². The number of carbonyl (C=O) groups is 1. The number of benzene rings is 1. The highest BCUT2D eigenvalue weighted by Crippen LogP contribution is 2.27. The van der Waals surface area contributed by atoms with Crippen molar-refractivity contribution >= 4 is 28.7 Å². The van der Waals surface area contributed by atoms with Gasteiger partial charge in [0.1, 0.15) is 5.82 Å². The number of hydrogen-bond donors (Lipinski definition) is 3. The first-order chi connectivity index (χ1) is 9.91. The van der Waals surface area contributed by atoms with Crippen LogP contribution in [-0.2, 0) is 4.79 Å². The van der Waals surface area contributed by atoms with E-state index in [-0.39, 0.29) is 17.8 Å². The Labute approximate surface area is 128 Å². The molecule has 0 saturated carbocycles. The second kappa shape index (κ2) is 6.49. The molecule has 0 bridgehead atoms. The summed E-state index contributed by atoms with van der Waals surface area (Å²) in [6.45, 7) is 5.52. The van der Waals surface area contributed by atoms with E-state index in [1.807, 2.05) is 31.2 Å². The highest BCUT2D eigenvalue weighted by Gasteiger charge is 2.20. The molecule has 1 unspecified atom stereocenters. The molecule has 0 saturated heterocycles. The Morgan fingerprint density at radius 1 is 1.48 bits per heavy atom. The minimum atomic E-state index is -0.583. The predicted molar refractivity (Wildman–Crippen MR) is 86.3 cm³/mol. The van der Waals surface area contributed by atoms with Gasteiger partial charge in [-0.05, 0) is 32.9 Å². The topological polar surface area (TPSA) is 78.0 Å². The van der Waals surface area contributed by atoms with E-state index in [0.29, 0.717) is 5.75 Å². The summed E-state index contributed by atoms with van der Waals surface area (Å²) in [6, 6.07) is 7.87. The number of H-pyrrole nitrogens is 1. The molecule has 3 N–H and O–H groups in total. The zero-order chi connectivity index (χ0) is 15.5. The normalized spacial score (nSPS) is 13.3. The molecule has 0 aliphatic rings. The van der Waals surface area contributed by atoms with Crippen LogP contribution in [0.2, 0.25) is 0 Å². The number of aromatic nitrogens is 2. The van der Waals surface area contributed by atoms with Gasteiger partial charge in [0.25, 0.3) is 0 Å². The van der Waals surface area contributed by atoms with E-state index < -0.39 is 5.54 Å². The second-order valence-electron chi connectivity index (χ2n) is 5.68. The fraction of sp³-hybridized carbons (Fsp3) is 0.467. The summed E-state index contributed by atoms with van der Waals surface area (Å²) in [7, 11) is 0. The minimum absolute atomic E-state index is 0.0808. The van der Waals surface area contributed by atoms with Crippen molar-refractivity contribution in [1.29, 1.82) is 0 Å². The van der Waals surface area contributed by atoms with E-state index in [1.165, 1.54) is 11.8 Å². The lowest BCUT2D eigenvalue weighted by Gasteiger charge is -2.23. The van der Waals surface area contributed by atoms with Crippen LogP contribution >= 0.6 is 11.8 Å². The van der Waals surface area contributed by atoms with E-state index in [4.69, 9.17) is 5.11 Å². The smallest absolute Gasteiger partial charge is 0.230 e. The third kappa shape index (κ3) is 4.22. The van der Waals surface area contributed by atoms with Crippen LogP contribution < -0.4 is 5.32 Å². The van der Waals surface area contributed by atoms with Gasteiger partial charge in [-0.2, -0.15) is 0 Å². The van der Waals surface area contributed by atoms with Gasteiger partial charge in [0.2, 0.25) is 5.91 Å². The van der Waals surface area contributed by atoms with Crippen LogP contribution in [0.1, 0.15) is 31.8 Å². The number of aliphatic hydroxyl groups excluding tert-OH is 1. The largest absolute Gasteiger partial charge is 0.394 e. The van der Waals surface area contributed by atoms with E-state index in [1.54, 1.807) is 13.8 Å². The van der Waals surface area contributed by atoms with Gasteiger partial charge in [-0.3, -0.25) is 4.79 Å². The van der Waals surface area contributed by atoms with Crippen molar-refractivity contribution in [3.8, 4) is 0 Å². The number of aliphatic hydroxyl groups is 1. The number of imidazole rings is 1. The average molecular weight is 307 g/mol. The molecule has 0 fully saturated rings. The lowest BCUT2D eigenvalue weighted by atomic mass is 10.1. The summed E-state index contributed by atoms with van der Waals surface area (Å²) < 4.78 is 0. The fourth-order valence-electron chi connectivity index (χ4n) is 1.90. The lowest BCUT2D eigenvalue weighted by Crippen LogP contribution is -2.47. The van der Waals surface area contributed by atoms with Gasteiger partial charge in [0, 0.05) is 0 Å². The van der Waals surface area contributed by atoms with Crippen molar-refractivity contribution < 1.29 is 9.90 Å². The van der Waals surface area contributed by atoms with E-state index in [2.05, 4.69) is 15.3 Å². The second-order valence-corrected chi connectivity index (χ2v) is 7.01. The van der Waals surface area contributed by atoms with Crippen LogP contribution in [0.25, 0.3) is 11.0 Å². The Kier molecular flexibility index (Phi) is 4.90. The molecule has 1 atom stereocenters. The fourth-order valence-corrected chi connectivity index (χ4v) is 2.64. The number of aromatic amines is 1. The van der Waals surface area contributed by atoms with Crippen molar-refractivity contribution in [3.05, 3.63) is 30.1 Å². The Balaban J connectivity index is 1.92. The summed E-state index contributed by atoms with van der Waals surface area (Å²) in [5.74, 6) is 1.12. The first-order valence-electron chi connectivity index (χ1n) is 6.89. The van der Waals surface area contributed by atoms with Gasteiger partial charge in [0.15, 0.2) is 0 Å². The zero-order valence-electron chi connectivity index (χ0n) is 12.5. The van der Waals surface area contributed by atoms with Crippen molar-refractivity contribution in [3.63, 3.8) is 0 Å². The van der Waals surface area contributed by atoms with Crippen LogP contribution in [0.3, 0.4) is 0 Å². The molecule has 6 heteroatoms. The van der Waals surface area contributed by atoms with Crippen LogP contribution in [0, 0.1) is 0 Å². The van der Waals surface area contributed by atoms with E-state index in [9.17, 15) is 4.79 Å². The standard InChI is InChI=1S/C15H21N3O2S/c1-10(21-8-13(20)18-15(2,3)9-19)14-16-11-6-4-5-7-12(11)17-14/h4-7,10,19H,8-9H2,1-3H3,(H,16,17)(H,18,20). The molecule has 114 valence electrons. The van der Waals surface area contributed by atoms with E-state index in [0.717, 1.165) is 16.9 Å². The van der Waals surface area contributed by atoms with Gasteiger partial charge in [-0.1, -0.05) is 12.1 Å². The van der Waals surface area contributed by atoms with Crippen molar-refractivity contribution in [2.45, 2.75) is 31.6 Å². The molecular formula is C15H21N3O2S. The number of thioether (sulfide) groups is 1. The number of para-hydroxylation sites is 2. The van der Waals surface area contributed by atoms with Gasteiger partial charge >= 0.3 is 0 Å². The summed E-state index contributed by atoms with van der Waals surface area (Å²) in [5.41, 5.74) is 1.36. The molecule has 0 spiro atoms. The maximum absolute atomic E-state index is 11.9. The summed E-state index contributed by atoms with van der Waals surface area (Å²) >= 11 is 1.52. The first-order valence-corrected chi connectivity index (χ1v) is 7.94. The van der Waals surface area contributed by atoms with Gasteiger partial charge in [0.05, 0.1) is 34.2 Å². The highest BCUT2D eigenvalue weighted by atomic mass is 32.2. The maximum Gasteiger partial charge on any atom is 0.230 e. The number of nitrogens with zero attached hydrogens (tertiary/aromatic N) is 1. The number of hydrogen-bond acceptors (Lipinski definition) is 4. The van der Waals surface area contributed by atoms with Crippen molar-refractivity contribution in [2.24, 2.45) is 0 Å². The molecule has 1 aromatic heterocycles. The molecule has 0 aliphatic heterocycles. The number of carbonyl (C=O) groups excluding carboxylic acids is 1. The number of fused-ring (bicyclic) bond motifs is 1. The monoisotopic (exact) mass is 307 g/mol. The number of nitrogens with one attached hydrogen (secondary N) is 2. The van der Waals surface area contributed by atoms with Gasteiger partial charge in [-0.25, -0.2) is 4.98 Å². The van der Waals surface area contributed by atoms with Crippen molar-refractivity contribution in [1.82, 2.24) is 15.3 Å².